The van der Waals surface area contributed by atoms with E-state index in [2.05, 4.69) is 5.32 Å². The largest absolute Gasteiger partial charge is 0.352 e. The SMILES string of the molecule is CC(=O)CCC(=O)NCc1ccc(F)c(Cl)c1. The monoisotopic (exact) mass is 257 g/mol. The van der Waals surface area contributed by atoms with Gasteiger partial charge in [-0.05, 0) is 24.6 Å². The first-order chi connectivity index (χ1) is 7.99. The summed E-state index contributed by atoms with van der Waals surface area (Å²) in [5, 5.41) is 2.66. The average Bonchev–Trinajstić information content (AvgIpc) is 2.28. The molecule has 0 aromatic heterocycles. The zero-order valence-electron chi connectivity index (χ0n) is 9.43. The molecule has 0 aliphatic heterocycles. The normalized spacial score (nSPS) is 10.1. The first-order valence-electron chi connectivity index (χ1n) is 5.19. The Hall–Kier alpha value is -1.42. The second kappa shape index (κ2) is 6.35. The molecule has 1 rings (SSSR count). The molecule has 1 aromatic rings. The van der Waals surface area contributed by atoms with Gasteiger partial charge in [-0.2, -0.15) is 0 Å². The van der Waals surface area contributed by atoms with Crippen LogP contribution in [0, 0.1) is 5.82 Å². The summed E-state index contributed by atoms with van der Waals surface area (Å²) in [6.07, 6.45) is 0.403. The molecule has 0 heterocycles. The van der Waals surface area contributed by atoms with E-state index < -0.39 is 5.82 Å². The topological polar surface area (TPSA) is 46.2 Å². The molecule has 0 fully saturated rings. The van der Waals surface area contributed by atoms with E-state index in [4.69, 9.17) is 11.6 Å². The molecular weight excluding hydrogens is 245 g/mol. The van der Waals surface area contributed by atoms with Crippen LogP contribution >= 0.6 is 11.6 Å². The Morgan fingerprint density at radius 3 is 2.65 bits per heavy atom. The molecular formula is C12H13ClFNO2. The number of halogens is 2. The van der Waals surface area contributed by atoms with Crippen LogP contribution in [0.15, 0.2) is 18.2 Å². The summed E-state index contributed by atoms with van der Waals surface area (Å²) in [7, 11) is 0. The van der Waals surface area contributed by atoms with Crippen molar-refractivity contribution < 1.29 is 14.0 Å². The van der Waals surface area contributed by atoms with Gasteiger partial charge in [0.25, 0.3) is 0 Å². The fraction of sp³-hybridized carbons (Fsp3) is 0.333. The van der Waals surface area contributed by atoms with Gasteiger partial charge < -0.3 is 10.1 Å². The molecule has 0 aliphatic rings. The quantitative estimate of drug-likeness (QED) is 0.881. The van der Waals surface area contributed by atoms with Gasteiger partial charge >= 0.3 is 0 Å². The molecule has 0 aliphatic carbocycles. The number of carbonyl (C=O) groups is 2. The maximum Gasteiger partial charge on any atom is 0.220 e. The second-order valence-electron chi connectivity index (χ2n) is 3.73. The minimum absolute atomic E-state index is 0.0232. The molecule has 0 atom stereocenters. The van der Waals surface area contributed by atoms with Crippen molar-refractivity contribution in [2.24, 2.45) is 0 Å². The lowest BCUT2D eigenvalue weighted by Crippen LogP contribution is -2.23. The van der Waals surface area contributed by atoms with E-state index in [1.807, 2.05) is 0 Å². The zero-order valence-corrected chi connectivity index (χ0v) is 10.2. The molecule has 17 heavy (non-hydrogen) atoms. The molecule has 1 aromatic carbocycles. The van der Waals surface area contributed by atoms with E-state index in [9.17, 15) is 14.0 Å². The Morgan fingerprint density at radius 1 is 1.35 bits per heavy atom. The number of rotatable bonds is 5. The highest BCUT2D eigenvalue weighted by molar-refractivity contribution is 6.30. The van der Waals surface area contributed by atoms with Crippen molar-refractivity contribution in [3.05, 3.63) is 34.6 Å². The second-order valence-corrected chi connectivity index (χ2v) is 4.13. The number of nitrogens with one attached hydrogen (secondary N) is 1. The Labute approximate surface area is 104 Å². The van der Waals surface area contributed by atoms with E-state index in [0.29, 0.717) is 5.56 Å². The summed E-state index contributed by atoms with van der Waals surface area (Å²) in [4.78, 5) is 22.0. The maximum atomic E-state index is 12.9. The highest BCUT2D eigenvalue weighted by Gasteiger charge is 2.05. The molecule has 0 saturated heterocycles. The molecule has 0 spiro atoms. The number of ketones is 1. The summed E-state index contributed by atoms with van der Waals surface area (Å²) in [6, 6.07) is 4.26. The van der Waals surface area contributed by atoms with E-state index >= 15 is 0 Å². The van der Waals surface area contributed by atoms with Gasteiger partial charge in [0.2, 0.25) is 5.91 Å². The lowest BCUT2D eigenvalue weighted by Gasteiger charge is -2.05. The number of carbonyl (C=O) groups excluding carboxylic acids is 2. The molecule has 3 nitrogen and oxygen atoms in total. The molecule has 1 amide bonds. The fourth-order valence-corrected chi connectivity index (χ4v) is 1.43. The van der Waals surface area contributed by atoms with E-state index in [1.54, 1.807) is 6.07 Å². The van der Waals surface area contributed by atoms with Crippen molar-refractivity contribution in [2.45, 2.75) is 26.3 Å². The van der Waals surface area contributed by atoms with Gasteiger partial charge in [-0.25, -0.2) is 4.39 Å². The molecule has 5 heteroatoms. The first kappa shape index (κ1) is 13.6. The van der Waals surface area contributed by atoms with Crippen LogP contribution in [-0.4, -0.2) is 11.7 Å². The number of amides is 1. The van der Waals surface area contributed by atoms with Crippen molar-refractivity contribution >= 4 is 23.3 Å². The summed E-state index contributed by atoms with van der Waals surface area (Å²) in [6.45, 7) is 1.71. The zero-order chi connectivity index (χ0) is 12.8. The van der Waals surface area contributed by atoms with Gasteiger partial charge in [-0.3, -0.25) is 4.79 Å². The highest BCUT2D eigenvalue weighted by atomic mass is 35.5. The van der Waals surface area contributed by atoms with Gasteiger partial charge in [0.1, 0.15) is 11.6 Å². The van der Waals surface area contributed by atoms with E-state index in [1.165, 1.54) is 19.1 Å². The lowest BCUT2D eigenvalue weighted by atomic mass is 10.2. The van der Waals surface area contributed by atoms with Gasteiger partial charge in [0, 0.05) is 19.4 Å². The summed E-state index contributed by atoms with van der Waals surface area (Å²) >= 11 is 5.60. The van der Waals surface area contributed by atoms with Crippen molar-refractivity contribution in [1.82, 2.24) is 5.32 Å². The van der Waals surface area contributed by atoms with Crippen LogP contribution in [0.4, 0.5) is 4.39 Å². The van der Waals surface area contributed by atoms with Crippen molar-refractivity contribution in [1.29, 1.82) is 0 Å². The summed E-state index contributed by atoms with van der Waals surface area (Å²) in [5.41, 5.74) is 0.715. The van der Waals surface area contributed by atoms with Crippen LogP contribution in [0.3, 0.4) is 0 Å². The third-order valence-electron chi connectivity index (χ3n) is 2.18. The Kier molecular flexibility index (Phi) is 5.10. The predicted octanol–water partition coefficient (Wildman–Crippen LogP) is 2.46. The van der Waals surface area contributed by atoms with E-state index in [0.717, 1.165) is 0 Å². The van der Waals surface area contributed by atoms with Gasteiger partial charge in [-0.15, -0.1) is 0 Å². The smallest absolute Gasteiger partial charge is 0.220 e. The van der Waals surface area contributed by atoms with Crippen LogP contribution in [0.25, 0.3) is 0 Å². The molecule has 0 saturated carbocycles. The summed E-state index contributed by atoms with van der Waals surface area (Å²) < 4.78 is 12.9. The van der Waals surface area contributed by atoms with Crippen LogP contribution < -0.4 is 5.32 Å². The number of hydrogen-bond donors (Lipinski definition) is 1. The number of Topliss-reactive ketones (excluding diaryl/α,β-unsaturated/α-hetero) is 1. The number of benzene rings is 1. The Balaban J connectivity index is 2.42. The molecule has 1 N–H and O–H groups in total. The molecule has 0 radical (unpaired) electrons. The van der Waals surface area contributed by atoms with Gasteiger partial charge in [0.05, 0.1) is 5.02 Å². The molecule has 0 unspecified atom stereocenters. The fourth-order valence-electron chi connectivity index (χ4n) is 1.23. The summed E-state index contributed by atoms with van der Waals surface area (Å²) in [5.74, 6) is -0.719. The molecule has 0 bridgehead atoms. The first-order valence-corrected chi connectivity index (χ1v) is 5.57. The van der Waals surface area contributed by atoms with Crippen LogP contribution in [-0.2, 0) is 16.1 Å². The van der Waals surface area contributed by atoms with Crippen molar-refractivity contribution in [3.63, 3.8) is 0 Å². The average molecular weight is 258 g/mol. The van der Waals surface area contributed by atoms with Crippen LogP contribution in [0.5, 0.6) is 0 Å². The maximum absolute atomic E-state index is 12.9. The van der Waals surface area contributed by atoms with Crippen molar-refractivity contribution in [3.8, 4) is 0 Å². The number of hydrogen-bond acceptors (Lipinski definition) is 2. The third kappa shape index (κ3) is 4.95. The molecule has 92 valence electrons. The third-order valence-corrected chi connectivity index (χ3v) is 2.47. The van der Waals surface area contributed by atoms with Crippen molar-refractivity contribution in [2.75, 3.05) is 0 Å². The standard InChI is InChI=1S/C12H13ClFNO2/c1-8(16)2-5-12(17)15-7-9-3-4-11(14)10(13)6-9/h3-4,6H,2,5,7H2,1H3,(H,15,17). The predicted molar refractivity (Wildman–Crippen MR) is 63.2 cm³/mol. The van der Waals surface area contributed by atoms with Crippen LogP contribution in [0.1, 0.15) is 25.3 Å². The Morgan fingerprint density at radius 2 is 2.06 bits per heavy atom. The van der Waals surface area contributed by atoms with Gasteiger partial charge in [0.15, 0.2) is 0 Å². The minimum Gasteiger partial charge on any atom is -0.352 e. The lowest BCUT2D eigenvalue weighted by molar-refractivity contribution is -0.124. The van der Waals surface area contributed by atoms with Crippen LogP contribution in [0.2, 0.25) is 5.02 Å². The Bertz CT molecular complexity index is 435. The van der Waals surface area contributed by atoms with Gasteiger partial charge in [-0.1, -0.05) is 17.7 Å². The minimum atomic E-state index is -0.488. The van der Waals surface area contributed by atoms with E-state index in [-0.39, 0.29) is 36.1 Å². The highest BCUT2D eigenvalue weighted by Crippen LogP contribution is 2.15.